The zero-order chi connectivity index (χ0) is 22.1. The first kappa shape index (κ1) is 20.8. The first-order chi connectivity index (χ1) is 15.5. The van der Waals surface area contributed by atoms with Crippen LogP contribution in [-0.4, -0.2) is 43.0 Å². The summed E-state index contributed by atoms with van der Waals surface area (Å²) in [6, 6.07) is 13.5. The lowest BCUT2D eigenvalue weighted by atomic mass is 9.65. The van der Waals surface area contributed by atoms with Gasteiger partial charge in [0.25, 0.3) is 0 Å². The third-order valence-electron chi connectivity index (χ3n) is 6.95. The Balaban J connectivity index is 1.41. The maximum absolute atomic E-state index is 12.8. The highest BCUT2D eigenvalue weighted by Crippen LogP contribution is 2.54. The van der Waals surface area contributed by atoms with Gasteiger partial charge >= 0.3 is 0 Å². The second-order valence-corrected chi connectivity index (χ2v) is 9.14. The number of likely N-dealkylation sites (tertiary alicyclic amines) is 1. The van der Waals surface area contributed by atoms with E-state index in [2.05, 4.69) is 22.6 Å². The number of hydrogen-bond acceptors (Lipinski definition) is 4. The number of carbonyl (C=O) groups excluding carboxylic acids is 2. The number of benzene rings is 2. The van der Waals surface area contributed by atoms with E-state index in [0.29, 0.717) is 11.4 Å². The Bertz CT molecular complexity index is 1050. The van der Waals surface area contributed by atoms with Gasteiger partial charge in [-0.1, -0.05) is 36.8 Å². The van der Waals surface area contributed by atoms with Crippen LogP contribution in [0, 0.1) is 0 Å². The molecule has 2 aliphatic heterocycles. The summed E-state index contributed by atoms with van der Waals surface area (Å²) in [6.07, 6.45) is 8.03. The number of hydrogen-bond donors (Lipinski definition) is 2. The van der Waals surface area contributed by atoms with E-state index in [4.69, 9.17) is 4.74 Å². The van der Waals surface area contributed by atoms with E-state index in [1.54, 1.807) is 6.08 Å². The molecule has 5 rings (SSSR count). The fraction of sp³-hybridized carbons (Fsp3) is 0.385. The molecule has 6 heteroatoms. The minimum Gasteiger partial charge on any atom is -0.488 e. The normalized spacial score (nSPS) is 20.1. The quantitative estimate of drug-likeness (QED) is 0.697. The number of nitrogens with zero attached hydrogens (tertiary/aromatic N) is 1. The van der Waals surface area contributed by atoms with Gasteiger partial charge in [-0.3, -0.25) is 9.59 Å². The SMILES string of the molecule is CN1CCC(Oc2cc(NC(=O)/C=C/c3ccccc3)cc3c2NC(=O)C32CCC2)CC1. The molecule has 1 aliphatic carbocycles. The zero-order valence-electron chi connectivity index (χ0n) is 18.4. The molecule has 2 heterocycles. The van der Waals surface area contributed by atoms with Crippen LogP contribution in [0.4, 0.5) is 11.4 Å². The summed E-state index contributed by atoms with van der Waals surface area (Å²) >= 11 is 0. The van der Waals surface area contributed by atoms with Crippen LogP contribution in [0.1, 0.15) is 43.2 Å². The molecule has 166 valence electrons. The van der Waals surface area contributed by atoms with Crippen molar-refractivity contribution >= 4 is 29.3 Å². The van der Waals surface area contributed by atoms with Gasteiger partial charge < -0.3 is 20.3 Å². The van der Waals surface area contributed by atoms with Gasteiger partial charge in [0, 0.05) is 30.9 Å². The Hall–Kier alpha value is -3.12. The topological polar surface area (TPSA) is 70.7 Å². The third-order valence-corrected chi connectivity index (χ3v) is 6.95. The van der Waals surface area contributed by atoms with Crippen molar-refractivity contribution in [2.75, 3.05) is 30.8 Å². The van der Waals surface area contributed by atoms with E-state index in [1.165, 1.54) is 6.08 Å². The predicted octanol–water partition coefficient (Wildman–Crippen LogP) is 4.19. The summed E-state index contributed by atoms with van der Waals surface area (Å²) < 4.78 is 6.40. The minimum atomic E-state index is -0.471. The van der Waals surface area contributed by atoms with Gasteiger partial charge in [-0.25, -0.2) is 0 Å². The van der Waals surface area contributed by atoms with Crippen molar-refractivity contribution in [3.05, 3.63) is 59.7 Å². The molecule has 0 bridgehead atoms. The average molecular weight is 432 g/mol. The smallest absolute Gasteiger partial charge is 0.248 e. The Kier molecular flexibility index (Phi) is 5.47. The Morgan fingerprint density at radius 3 is 2.62 bits per heavy atom. The van der Waals surface area contributed by atoms with Gasteiger partial charge in [-0.05, 0) is 56.0 Å². The van der Waals surface area contributed by atoms with E-state index in [9.17, 15) is 9.59 Å². The lowest BCUT2D eigenvalue weighted by molar-refractivity contribution is -0.123. The number of rotatable bonds is 5. The molecular formula is C26H29N3O3. The van der Waals surface area contributed by atoms with Crippen molar-refractivity contribution in [2.45, 2.75) is 43.6 Å². The first-order valence-electron chi connectivity index (χ1n) is 11.4. The number of anilines is 2. The van der Waals surface area contributed by atoms with Crippen molar-refractivity contribution in [1.82, 2.24) is 4.90 Å². The van der Waals surface area contributed by atoms with Crippen molar-refractivity contribution in [3.8, 4) is 5.75 Å². The van der Waals surface area contributed by atoms with E-state index in [0.717, 1.165) is 62.0 Å². The first-order valence-corrected chi connectivity index (χ1v) is 11.4. The number of amides is 2. The molecular weight excluding hydrogens is 402 g/mol. The summed E-state index contributed by atoms with van der Waals surface area (Å²) in [5.74, 6) is 0.509. The molecule has 6 nitrogen and oxygen atoms in total. The number of ether oxygens (including phenoxy) is 1. The third kappa shape index (κ3) is 3.91. The van der Waals surface area contributed by atoms with Crippen LogP contribution in [0.2, 0.25) is 0 Å². The molecule has 0 aromatic heterocycles. The molecule has 1 saturated carbocycles. The van der Waals surface area contributed by atoms with Crippen LogP contribution in [0.25, 0.3) is 6.08 Å². The van der Waals surface area contributed by atoms with Gasteiger partial charge in [-0.15, -0.1) is 0 Å². The molecule has 1 saturated heterocycles. The summed E-state index contributed by atoms with van der Waals surface area (Å²) in [5, 5.41) is 6.06. The second kappa shape index (κ2) is 8.43. The maximum Gasteiger partial charge on any atom is 0.248 e. The fourth-order valence-electron chi connectivity index (χ4n) is 4.87. The molecule has 2 amide bonds. The molecule has 2 aromatic carbocycles. The molecule has 3 aliphatic rings. The molecule has 32 heavy (non-hydrogen) atoms. The number of carbonyl (C=O) groups is 2. The average Bonchev–Trinajstić information content (AvgIpc) is 3.07. The van der Waals surface area contributed by atoms with Crippen LogP contribution in [0.5, 0.6) is 5.75 Å². The fourth-order valence-corrected chi connectivity index (χ4v) is 4.87. The monoisotopic (exact) mass is 431 g/mol. The highest BCUT2D eigenvalue weighted by atomic mass is 16.5. The summed E-state index contributed by atoms with van der Waals surface area (Å²) in [5.41, 5.74) is 2.90. The van der Waals surface area contributed by atoms with Gasteiger partial charge in [0.2, 0.25) is 11.8 Å². The Morgan fingerprint density at radius 2 is 1.94 bits per heavy atom. The second-order valence-electron chi connectivity index (χ2n) is 9.14. The van der Waals surface area contributed by atoms with Crippen LogP contribution in [-0.2, 0) is 15.0 Å². The molecule has 2 N–H and O–H groups in total. The standard InChI is InChI=1S/C26H29N3O3/c1-29-14-10-20(11-15-29)32-22-17-19(27-23(30)9-8-18-6-3-2-4-7-18)16-21-24(22)28-25(31)26(21)12-5-13-26/h2-4,6-9,16-17,20H,5,10-15H2,1H3,(H,27,30)(H,28,31)/b9-8+. The van der Waals surface area contributed by atoms with Crippen molar-refractivity contribution in [2.24, 2.45) is 0 Å². The van der Waals surface area contributed by atoms with Crippen LogP contribution < -0.4 is 15.4 Å². The lowest BCUT2D eigenvalue weighted by Crippen LogP contribution is -2.40. The van der Waals surface area contributed by atoms with E-state index >= 15 is 0 Å². The highest BCUT2D eigenvalue weighted by Gasteiger charge is 2.52. The Morgan fingerprint density at radius 1 is 1.19 bits per heavy atom. The van der Waals surface area contributed by atoms with Crippen LogP contribution in [0.3, 0.4) is 0 Å². The molecule has 2 fully saturated rings. The van der Waals surface area contributed by atoms with Crippen LogP contribution >= 0.6 is 0 Å². The van der Waals surface area contributed by atoms with E-state index in [1.807, 2.05) is 42.5 Å². The van der Waals surface area contributed by atoms with Crippen molar-refractivity contribution in [3.63, 3.8) is 0 Å². The molecule has 0 atom stereocenters. The van der Waals surface area contributed by atoms with Crippen LogP contribution in [0.15, 0.2) is 48.5 Å². The van der Waals surface area contributed by atoms with Gasteiger partial charge in [-0.2, -0.15) is 0 Å². The molecule has 1 spiro atoms. The largest absolute Gasteiger partial charge is 0.488 e. The lowest BCUT2D eigenvalue weighted by Gasteiger charge is -2.36. The Labute approximate surface area is 188 Å². The maximum atomic E-state index is 12.8. The van der Waals surface area contributed by atoms with Gasteiger partial charge in [0.15, 0.2) is 0 Å². The summed E-state index contributed by atoms with van der Waals surface area (Å²) in [4.78, 5) is 27.7. The zero-order valence-corrected chi connectivity index (χ0v) is 18.4. The molecule has 2 aromatic rings. The highest BCUT2D eigenvalue weighted by molar-refractivity contribution is 6.09. The predicted molar refractivity (Wildman–Crippen MR) is 126 cm³/mol. The van der Waals surface area contributed by atoms with E-state index < -0.39 is 5.41 Å². The number of piperidine rings is 1. The number of fused-ring (bicyclic) bond motifs is 2. The van der Waals surface area contributed by atoms with Crippen molar-refractivity contribution < 1.29 is 14.3 Å². The molecule has 0 unspecified atom stereocenters. The number of nitrogens with one attached hydrogen (secondary N) is 2. The van der Waals surface area contributed by atoms with E-state index in [-0.39, 0.29) is 17.9 Å². The minimum absolute atomic E-state index is 0.0550. The van der Waals surface area contributed by atoms with Crippen molar-refractivity contribution in [1.29, 1.82) is 0 Å². The van der Waals surface area contributed by atoms with Gasteiger partial charge in [0.1, 0.15) is 11.9 Å². The summed E-state index contributed by atoms with van der Waals surface area (Å²) in [6.45, 7) is 1.98. The summed E-state index contributed by atoms with van der Waals surface area (Å²) in [7, 11) is 2.12. The molecule has 0 radical (unpaired) electrons. The van der Waals surface area contributed by atoms with Gasteiger partial charge in [0.05, 0.1) is 11.1 Å².